The molecule has 0 aliphatic carbocycles. The monoisotopic (exact) mass is 263 g/mol. The molecule has 3 nitrogen and oxygen atoms in total. The summed E-state index contributed by atoms with van der Waals surface area (Å²) in [7, 11) is 0. The van der Waals surface area contributed by atoms with Gasteiger partial charge in [-0.2, -0.15) is 0 Å². The van der Waals surface area contributed by atoms with Gasteiger partial charge in [-0.05, 0) is 57.0 Å². The Kier molecular flexibility index (Phi) is 4.83. The van der Waals surface area contributed by atoms with E-state index in [-0.39, 0.29) is 0 Å². The van der Waals surface area contributed by atoms with E-state index in [4.69, 9.17) is 4.74 Å². The molecule has 0 amide bonds. The minimum atomic E-state index is -0.697. The van der Waals surface area contributed by atoms with Crippen LogP contribution in [-0.2, 0) is 5.60 Å². The zero-order chi connectivity index (χ0) is 13.7. The summed E-state index contributed by atoms with van der Waals surface area (Å²) in [4.78, 5) is 2.41. The molecule has 0 bridgehead atoms. The normalized spacial score (nSPS) is 25.0. The maximum atomic E-state index is 10.9. The van der Waals surface area contributed by atoms with Crippen molar-refractivity contribution in [1.29, 1.82) is 0 Å². The topological polar surface area (TPSA) is 32.7 Å². The molecule has 1 aliphatic rings. The average Bonchev–Trinajstić information content (AvgIpc) is 2.62. The summed E-state index contributed by atoms with van der Waals surface area (Å²) >= 11 is 0. The van der Waals surface area contributed by atoms with E-state index in [0.717, 1.165) is 50.2 Å². The number of nitrogens with zero attached hydrogens (tertiary/aromatic N) is 1. The van der Waals surface area contributed by atoms with Crippen molar-refractivity contribution in [3.63, 3.8) is 0 Å². The Hall–Kier alpha value is -1.06. The van der Waals surface area contributed by atoms with Gasteiger partial charge < -0.3 is 14.7 Å². The Balaban J connectivity index is 2.16. The zero-order valence-corrected chi connectivity index (χ0v) is 12.1. The smallest absolute Gasteiger partial charge is 0.119 e. The summed E-state index contributed by atoms with van der Waals surface area (Å²) in [5, 5.41) is 10.9. The average molecular weight is 263 g/mol. The van der Waals surface area contributed by atoms with Crippen LogP contribution in [0.1, 0.15) is 38.7 Å². The van der Waals surface area contributed by atoms with Crippen LogP contribution in [0, 0.1) is 0 Å². The van der Waals surface area contributed by atoms with E-state index < -0.39 is 5.60 Å². The molecule has 1 fully saturated rings. The second-order valence-electron chi connectivity index (χ2n) is 5.28. The first-order valence-corrected chi connectivity index (χ1v) is 7.36. The molecular formula is C16H25NO2. The van der Waals surface area contributed by atoms with Crippen LogP contribution in [0.25, 0.3) is 0 Å². The minimum Gasteiger partial charge on any atom is -0.494 e. The summed E-state index contributed by atoms with van der Waals surface area (Å²) < 4.78 is 5.53. The third-order valence-electron chi connectivity index (χ3n) is 4.04. The molecule has 1 heterocycles. The molecule has 0 radical (unpaired) electrons. The van der Waals surface area contributed by atoms with Gasteiger partial charge in [0, 0.05) is 6.54 Å². The van der Waals surface area contributed by atoms with Gasteiger partial charge in [0.15, 0.2) is 0 Å². The number of ether oxygens (including phenoxy) is 1. The van der Waals surface area contributed by atoms with Gasteiger partial charge in [-0.3, -0.25) is 0 Å². The number of likely N-dealkylation sites (tertiary alicyclic amines) is 1. The fraction of sp³-hybridized carbons (Fsp3) is 0.625. The van der Waals surface area contributed by atoms with Gasteiger partial charge >= 0.3 is 0 Å². The van der Waals surface area contributed by atoms with Crippen molar-refractivity contribution in [3.8, 4) is 5.75 Å². The highest BCUT2D eigenvalue weighted by Crippen LogP contribution is 2.34. The SMILES string of the molecule is CCOc1cccc(C2(O)CCCN(CC)CC2)c1. The van der Waals surface area contributed by atoms with Crippen LogP contribution >= 0.6 is 0 Å². The molecule has 106 valence electrons. The summed E-state index contributed by atoms with van der Waals surface area (Å²) in [5.41, 5.74) is 0.299. The molecule has 0 spiro atoms. The van der Waals surface area contributed by atoms with Gasteiger partial charge in [-0.15, -0.1) is 0 Å². The van der Waals surface area contributed by atoms with Crippen LogP contribution < -0.4 is 4.74 Å². The molecule has 2 rings (SSSR count). The summed E-state index contributed by atoms with van der Waals surface area (Å²) in [6.45, 7) is 7.93. The van der Waals surface area contributed by atoms with E-state index >= 15 is 0 Å². The lowest BCUT2D eigenvalue weighted by Crippen LogP contribution is -2.29. The second kappa shape index (κ2) is 6.40. The fourth-order valence-corrected chi connectivity index (χ4v) is 2.82. The van der Waals surface area contributed by atoms with Crippen LogP contribution in [-0.4, -0.2) is 36.2 Å². The fourth-order valence-electron chi connectivity index (χ4n) is 2.82. The predicted molar refractivity (Wildman–Crippen MR) is 77.5 cm³/mol. The highest BCUT2D eigenvalue weighted by Gasteiger charge is 2.31. The van der Waals surface area contributed by atoms with Crippen molar-refractivity contribution in [2.75, 3.05) is 26.2 Å². The van der Waals surface area contributed by atoms with Crippen LogP contribution in [0.2, 0.25) is 0 Å². The molecular weight excluding hydrogens is 238 g/mol. The minimum absolute atomic E-state index is 0.658. The maximum absolute atomic E-state index is 10.9. The van der Waals surface area contributed by atoms with Crippen molar-refractivity contribution in [2.24, 2.45) is 0 Å². The molecule has 3 heteroatoms. The Bertz CT molecular complexity index is 407. The summed E-state index contributed by atoms with van der Waals surface area (Å²) in [6.07, 6.45) is 2.68. The molecule has 1 N–H and O–H groups in total. The quantitative estimate of drug-likeness (QED) is 0.906. The van der Waals surface area contributed by atoms with E-state index in [9.17, 15) is 5.11 Å². The number of rotatable bonds is 4. The van der Waals surface area contributed by atoms with Gasteiger partial charge in [0.1, 0.15) is 5.75 Å². The lowest BCUT2D eigenvalue weighted by Gasteiger charge is -2.27. The van der Waals surface area contributed by atoms with Gasteiger partial charge in [-0.25, -0.2) is 0 Å². The third-order valence-corrected chi connectivity index (χ3v) is 4.04. The predicted octanol–water partition coefficient (Wildman–Crippen LogP) is 2.78. The highest BCUT2D eigenvalue weighted by atomic mass is 16.5. The van der Waals surface area contributed by atoms with Crippen molar-refractivity contribution in [3.05, 3.63) is 29.8 Å². The summed E-state index contributed by atoms with van der Waals surface area (Å²) in [5.74, 6) is 0.852. The Morgan fingerprint density at radius 1 is 1.26 bits per heavy atom. The van der Waals surface area contributed by atoms with Crippen LogP contribution in [0.5, 0.6) is 5.75 Å². The summed E-state index contributed by atoms with van der Waals surface area (Å²) in [6, 6.07) is 7.93. The lowest BCUT2D eigenvalue weighted by molar-refractivity contribution is 0.0211. The first-order chi connectivity index (χ1) is 9.18. The Labute approximate surface area is 116 Å². The van der Waals surface area contributed by atoms with Crippen LogP contribution in [0.3, 0.4) is 0 Å². The van der Waals surface area contributed by atoms with Gasteiger partial charge in [0.2, 0.25) is 0 Å². The number of benzene rings is 1. The molecule has 1 aromatic carbocycles. The van der Waals surface area contributed by atoms with Crippen LogP contribution in [0.15, 0.2) is 24.3 Å². The third kappa shape index (κ3) is 3.48. The molecule has 1 aromatic rings. The van der Waals surface area contributed by atoms with E-state index in [1.807, 2.05) is 31.2 Å². The Morgan fingerprint density at radius 3 is 2.84 bits per heavy atom. The molecule has 0 aromatic heterocycles. The molecule has 1 atom stereocenters. The van der Waals surface area contributed by atoms with Crippen molar-refractivity contribution in [2.45, 2.75) is 38.7 Å². The van der Waals surface area contributed by atoms with E-state index in [1.165, 1.54) is 0 Å². The van der Waals surface area contributed by atoms with Gasteiger partial charge in [0.05, 0.1) is 12.2 Å². The van der Waals surface area contributed by atoms with Gasteiger partial charge in [0.25, 0.3) is 0 Å². The molecule has 1 aliphatic heterocycles. The second-order valence-corrected chi connectivity index (χ2v) is 5.28. The first-order valence-electron chi connectivity index (χ1n) is 7.36. The van der Waals surface area contributed by atoms with E-state index in [1.54, 1.807) is 0 Å². The van der Waals surface area contributed by atoms with Crippen molar-refractivity contribution in [1.82, 2.24) is 4.90 Å². The van der Waals surface area contributed by atoms with Crippen molar-refractivity contribution < 1.29 is 9.84 Å². The Morgan fingerprint density at radius 2 is 2.11 bits per heavy atom. The number of aliphatic hydroxyl groups is 1. The largest absolute Gasteiger partial charge is 0.494 e. The lowest BCUT2D eigenvalue weighted by atomic mass is 9.87. The van der Waals surface area contributed by atoms with E-state index in [0.29, 0.717) is 6.61 Å². The standard InChI is InChI=1S/C16H25NO2/c1-3-17-11-6-9-16(18,10-12-17)14-7-5-8-15(13-14)19-4-2/h5,7-8,13,18H,3-4,6,9-12H2,1-2H3. The van der Waals surface area contributed by atoms with Gasteiger partial charge in [-0.1, -0.05) is 19.1 Å². The number of hydrogen-bond acceptors (Lipinski definition) is 3. The van der Waals surface area contributed by atoms with Crippen molar-refractivity contribution >= 4 is 0 Å². The molecule has 0 saturated carbocycles. The molecule has 19 heavy (non-hydrogen) atoms. The van der Waals surface area contributed by atoms with E-state index in [2.05, 4.69) is 11.8 Å². The first kappa shape index (κ1) is 14.4. The number of hydrogen-bond donors (Lipinski definition) is 1. The van der Waals surface area contributed by atoms with Crippen LogP contribution in [0.4, 0.5) is 0 Å². The zero-order valence-electron chi connectivity index (χ0n) is 12.1. The molecule has 1 unspecified atom stereocenters. The molecule has 1 saturated heterocycles. The maximum Gasteiger partial charge on any atom is 0.119 e. The highest BCUT2D eigenvalue weighted by molar-refractivity contribution is 5.32.